The van der Waals surface area contributed by atoms with Crippen LogP contribution in [0.5, 0.6) is 0 Å². The molecule has 61 heavy (non-hydrogen) atoms. The van der Waals surface area contributed by atoms with Gasteiger partial charge >= 0.3 is 0 Å². The van der Waals surface area contributed by atoms with Gasteiger partial charge in [-0.05, 0) is 83.1 Å². The summed E-state index contributed by atoms with van der Waals surface area (Å²) >= 11 is 0. The molecule has 0 fully saturated rings. The second kappa shape index (κ2) is 17.6. The summed E-state index contributed by atoms with van der Waals surface area (Å²) in [6.07, 6.45) is 11.5. The molecule has 0 aliphatic carbocycles. The lowest BCUT2D eigenvalue weighted by atomic mass is 9.90. The Labute approximate surface area is 356 Å². The number of aliphatic hydroxyl groups is 2. The fraction of sp³-hybridized carbons (Fsp3) is 0.692. The zero-order valence-corrected chi connectivity index (χ0v) is 37.9. The molecule has 0 aliphatic rings. The molecule has 6 aromatic rings. The van der Waals surface area contributed by atoms with Crippen LogP contribution in [0, 0.1) is 5.41 Å². The van der Waals surface area contributed by atoms with E-state index in [2.05, 4.69) is 155 Å². The molecule has 0 saturated heterocycles. The summed E-state index contributed by atoms with van der Waals surface area (Å²) in [5, 5.41) is 74.5. The Morgan fingerprint density at radius 1 is 0.377 bits per heavy atom. The lowest BCUT2D eigenvalue weighted by Crippen LogP contribution is -2.39. The van der Waals surface area contributed by atoms with Crippen molar-refractivity contribution in [2.24, 2.45) is 5.41 Å². The van der Waals surface area contributed by atoms with Crippen molar-refractivity contribution in [1.82, 2.24) is 99.8 Å². The average Bonchev–Trinajstić information content (AvgIpc) is 4.00. The molecule has 0 atom stereocenters. The first kappa shape index (κ1) is 45.2. The molecular weight excluding hydrogens is 781 g/mol. The lowest BCUT2D eigenvalue weighted by Gasteiger charge is -2.29. The Morgan fingerprint density at radius 3 is 0.820 bits per heavy atom. The maximum Gasteiger partial charge on any atom is 0.0967 e. The third kappa shape index (κ3) is 12.0. The highest BCUT2D eigenvalue weighted by atomic mass is 16.3. The summed E-state index contributed by atoms with van der Waals surface area (Å²) in [7, 11) is 0. The second-order valence-corrected chi connectivity index (χ2v) is 20.2. The van der Waals surface area contributed by atoms with E-state index < -0.39 is 5.41 Å². The van der Waals surface area contributed by atoms with E-state index in [1.54, 1.807) is 9.36 Å². The fourth-order valence-electron chi connectivity index (χ4n) is 6.47. The van der Waals surface area contributed by atoms with Crippen LogP contribution in [-0.4, -0.2) is 123 Å². The van der Waals surface area contributed by atoms with Crippen LogP contribution in [-0.2, 0) is 74.5 Å². The molecule has 332 valence electrons. The molecule has 2 N–H and O–H groups in total. The van der Waals surface area contributed by atoms with Crippen LogP contribution in [0.3, 0.4) is 0 Å². The third-order valence-corrected chi connectivity index (χ3v) is 10.1. The highest BCUT2D eigenvalue weighted by molar-refractivity contribution is 5.03. The molecule has 0 aliphatic heterocycles. The largest absolute Gasteiger partial charge is 0.396 e. The normalized spacial score (nSPS) is 13.4. The van der Waals surface area contributed by atoms with E-state index in [0.29, 0.717) is 50.7 Å². The highest BCUT2D eigenvalue weighted by Crippen LogP contribution is 2.23. The number of nitrogens with zero attached hydrogens (tertiary/aromatic N) is 20. The number of aliphatic hydroxyl groups excluding tert-OH is 2. The van der Waals surface area contributed by atoms with Gasteiger partial charge in [0.15, 0.2) is 0 Å². The molecule has 22 heteroatoms. The first-order valence-corrected chi connectivity index (χ1v) is 20.6. The van der Waals surface area contributed by atoms with E-state index in [1.807, 2.05) is 55.9 Å². The van der Waals surface area contributed by atoms with E-state index in [-0.39, 0.29) is 48.5 Å². The van der Waals surface area contributed by atoms with Crippen LogP contribution in [0.25, 0.3) is 0 Å². The van der Waals surface area contributed by atoms with E-state index >= 15 is 0 Å². The van der Waals surface area contributed by atoms with Gasteiger partial charge in [-0.25, -0.2) is 18.7 Å². The predicted molar refractivity (Wildman–Crippen MR) is 223 cm³/mol. The topological polar surface area (TPSA) is 231 Å². The van der Waals surface area contributed by atoms with Crippen LogP contribution in [0.2, 0.25) is 0 Å². The first-order chi connectivity index (χ1) is 28.5. The Bertz CT molecular complexity index is 2030. The Balaban J connectivity index is 1.15. The molecule has 6 heterocycles. The monoisotopic (exact) mass is 845 g/mol. The molecule has 6 rings (SSSR count). The average molecular weight is 845 g/mol. The zero-order chi connectivity index (χ0) is 44.4. The second-order valence-electron chi connectivity index (χ2n) is 20.2. The van der Waals surface area contributed by atoms with Crippen LogP contribution < -0.4 is 0 Å². The lowest BCUT2D eigenvalue weighted by molar-refractivity contribution is 0.0186. The van der Waals surface area contributed by atoms with Gasteiger partial charge in [0.05, 0.1) is 113 Å². The quantitative estimate of drug-likeness (QED) is 0.126. The SMILES string of the molecule is CC(C)(C)n1cc(CN(Cc2cn(CC(CO)(CO)Cn3cc(CN(Cc4cn(C(C)(C)C)nn4)Cc4cn(C(C)(C)C)nn4)nn3)nn2)Cc2cn(C(C)(C)C)nn2)nn1. The van der Waals surface area contributed by atoms with Crippen LogP contribution in [0.15, 0.2) is 37.2 Å². The van der Waals surface area contributed by atoms with E-state index in [9.17, 15) is 10.2 Å². The van der Waals surface area contributed by atoms with Gasteiger partial charge in [0, 0.05) is 51.7 Å². The smallest absolute Gasteiger partial charge is 0.0967 e. The maximum absolute atomic E-state index is 10.7. The van der Waals surface area contributed by atoms with E-state index in [0.717, 1.165) is 22.8 Å². The van der Waals surface area contributed by atoms with Crippen LogP contribution >= 0.6 is 0 Å². The van der Waals surface area contributed by atoms with Gasteiger partial charge in [0.2, 0.25) is 0 Å². The van der Waals surface area contributed by atoms with Crippen molar-refractivity contribution in [2.45, 2.75) is 158 Å². The molecule has 0 aromatic carbocycles. The summed E-state index contributed by atoms with van der Waals surface area (Å²) in [5.41, 5.74) is 2.77. The number of hydrogen-bond acceptors (Lipinski definition) is 16. The Morgan fingerprint density at radius 2 is 0.607 bits per heavy atom. The van der Waals surface area contributed by atoms with Gasteiger partial charge in [-0.15, -0.1) is 30.6 Å². The molecule has 0 radical (unpaired) electrons. The van der Waals surface area contributed by atoms with Crippen molar-refractivity contribution >= 4 is 0 Å². The molecule has 0 saturated carbocycles. The number of hydrogen-bond donors (Lipinski definition) is 2. The van der Waals surface area contributed by atoms with Gasteiger partial charge in [0.1, 0.15) is 0 Å². The summed E-state index contributed by atoms with van der Waals surface area (Å²) in [6.45, 7) is 27.5. The minimum atomic E-state index is -1.02. The van der Waals surface area contributed by atoms with Crippen molar-refractivity contribution in [3.8, 4) is 0 Å². The predicted octanol–water partition coefficient (Wildman–Crippen LogP) is 2.33. The molecular formula is C39H64N20O2. The minimum Gasteiger partial charge on any atom is -0.396 e. The van der Waals surface area contributed by atoms with Crippen LogP contribution in [0.1, 0.15) is 117 Å². The van der Waals surface area contributed by atoms with E-state index in [1.165, 1.54) is 0 Å². The third-order valence-electron chi connectivity index (χ3n) is 10.1. The van der Waals surface area contributed by atoms with Gasteiger partial charge in [-0.2, -0.15) is 0 Å². The number of aromatic nitrogens is 18. The van der Waals surface area contributed by atoms with Crippen molar-refractivity contribution in [1.29, 1.82) is 0 Å². The van der Waals surface area contributed by atoms with Crippen molar-refractivity contribution in [2.75, 3.05) is 13.2 Å². The van der Waals surface area contributed by atoms with E-state index in [4.69, 9.17) is 0 Å². The summed E-state index contributed by atoms with van der Waals surface area (Å²) in [4.78, 5) is 4.32. The molecule has 0 spiro atoms. The standard InChI is InChI=1S/C39H64N20O2/c1-35(2,3)56-21-31(42-48-56)15-52(16-32-22-57(49-43-32)36(4,5)6)13-29-19-54(46-40-29)25-39(27-60,28-61)26-55-20-30(41-47-55)14-53(17-33-23-58(50-44-33)37(7,8)9)18-34-24-59(51-45-34)38(10,11)12/h19-24,60-61H,13-18,25-28H2,1-12H3. The van der Waals surface area contributed by atoms with Crippen LogP contribution in [0.4, 0.5) is 0 Å². The van der Waals surface area contributed by atoms with Gasteiger partial charge in [-0.1, -0.05) is 31.3 Å². The van der Waals surface area contributed by atoms with Crippen molar-refractivity contribution in [3.05, 3.63) is 71.3 Å². The molecule has 0 unspecified atom stereocenters. The summed E-state index contributed by atoms with van der Waals surface area (Å²) < 4.78 is 10.7. The van der Waals surface area contributed by atoms with Crippen molar-refractivity contribution in [3.63, 3.8) is 0 Å². The summed E-state index contributed by atoms with van der Waals surface area (Å²) in [6, 6.07) is 0. The Hall–Kier alpha value is -5.32. The maximum atomic E-state index is 10.7. The highest BCUT2D eigenvalue weighted by Gasteiger charge is 2.32. The van der Waals surface area contributed by atoms with Crippen molar-refractivity contribution < 1.29 is 10.2 Å². The molecule has 0 bridgehead atoms. The van der Waals surface area contributed by atoms with Gasteiger partial charge in [-0.3, -0.25) is 19.2 Å². The molecule has 0 amide bonds. The van der Waals surface area contributed by atoms with Gasteiger partial charge in [0.25, 0.3) is 0 Å². The summed E-state index contributed by atoms with van der Waals surface area (Å²) in [5.74, 6) is 0. The first-order valence-electron chi connectivity index (χ1n) is 20.6. The molecule has 22 nitrogen and oxygen atoms in total. The van der Waals surface area contributed by atoms with Gasteiger partial charge < -0.3 is 10.2 Å². The minimum absolute atomic E-state index is 0.182. The Kier molecular flexibility index (Phi) is 13.0. The zero-order valence-electron chi connectivity index (χ0n) is 37.9. The fourth-order valence-corrected chi connectivity index (χ4v) is 6.47. The number of rotatable bonds is 18. The molecule has 6 aromatic heterocycles.